The first-order chi connectivity index (χ1) is 14.5. The maximum absolute atomic E-state index is 12.2. The molecule has 1 aromatic carbocycles. The largest absolute Gasteiger partial charge is 0.370 e. The van der Waals surface area contributed by atoms with Gasteiger partial charge in [-0.1, -0.05) is 24.3 Å². The van der Waals surface area contributed by atoms with Crippen LogP contribution in [0, 0.1) is 0 Å². The lowest BCUT2D eigenvalue weighted by atomic mass is 10.1. The van der Waals surface area contributed by atoms with E-state index < -0.39 is 5.91 Å². The van der Waals surface area contributed by atoms with E-state index in [1.165, 1.54) is 5.56 Å². The average Bonchev–Trinajstić information content (AvgIpc) is 2.78. The topological polar surface area (TPSA) is 95.7 Å². The van der Waals surface area contributed by atoms with Gasteiger partial charge in [0.05, 0.1) is 0 Å². The summed E-state index contributed by atoms with van der Waals surface area (Å²) in [6, 6.07) is 10.2. The summed E-state index contributed by atoms with van der Waals surface area (Å²) in [6.45, 7) is 7.77. The molecule has 8 heteroatoms. The van der Waals surface area contributed by atoms with Crippen LogP contribution in [0.25, 0.3) is 0 Å². The number of anilines is 1. The molecule has 0 radical (unpaired) electrons. The van der Waals surface area contributed by atoms with Crippen molar-refractivity contribution in [1.29, 1.82) is 0 Å². The molecular weight excluding hydrogens is 380 g/mol. The first-order valence-electron chi connectivity index (χ1n) is 10.4. The van der Waals surface area contributed by atoms with Crippen LogP contribution in [-0.2, 0) is 22.7 Å². The molecule has 0 unspecified atom stereocenters. The zero-order chi connectivity index (χ0) is 21.3. The second-order valence-electron chi connectivity index (χ2n) is 7.50. The summed E-state index contributed by atoms with van der Waals surface area (Å²) in [4.78, 5) is 38.2. The maximum atomic E-state index is 12.2. The number of rotatable bonds is 9. The first kappa shape index (κ1) is 21.7. The van der Waals surface area contributed by atoms with Crippen LogP contribution >= 0.6 is 0 Å². The third kappa shape index (κ3) is 6.25. The van der Waals surface area contributed by atoms with Gasteiger partial charge in [0.1, 0.15) is 0 Å². The highest BCUT2D eigenvalue weighted by Gasteiger charge is 2.19. The Balaban J connectivity index is 1.47. The molecule has 2 aromatic rings. The number of nitrogens with two attached hydrogens (primary N) is 1. The van der Waals surface area contributed by atoms with E-state index in [-0.39, 0.29) is 18.7 Å². The number of piperazine rings is 1. The minimum atomic E-state index is -0.444. The van der Waals surface area contributed by atoms with Gasteiger partial charge in [0.2, 0.25) is 17.8 Å². The van der Waals surface area contributed by atoms with Gasteiger partial charge >= 0.3 is 0 Å². The third-order valence-corrected chi connectivity index (χ3v) is 5.33. The molecule has 0 saturated carbocycles. The van der Waals surface area contributed by atoms with E-state index in [2.05, 4.69) is 44.0 Å². The number of nitrogens with zero attached hydrogens (tertiary/aromatic N) is 5. The number of primary amides is 1. The molecule has 0 spiro atoms. The van der Waals surface area contributed by atoms with E-state index in [1.807, 2.05) is 13.0 Å². The average molecular weight is 411 g/mol. The molecule has 2 N–H and O–H groups in total. The molecule has 0 atom stereocenters. The molecular formula is C22H30N6O2. The minimum absolute atomic E-state index is 0.0411. The highest BCUT2D eigenvalue weighted by Crippen LogP contribution is 2.14. The van der Waals surface area contributed by atoms with Crippen molar-refractivity contribution in [3.05, 3.63) is 53.9 Å². The summed E-state index contributed by atoms with van der Waals surface area (Å²) in [6.07, 6.45) is 3.82. The summed E-state index contributed by atoms with van der Waals surface area (Å²) in [5.74, 6) is 0.314. The Morgan fingerprint density at radius 2 is 1.63 bits per heavy atom. The van der Waals surface area contributed by atoms with Gasteiger partial charge in [-0.05, 0) is 24.1 Å². The van der Waals surface area contributed by atoms with Crippen LogP contribution in [0.15, 0.2) is 42.7 Å². The van der Waals surface area contributed by atoms with Gasteiger partial charge in [-0.3, -0.25) is 14.5 Å². The van der Waals surface area contributed by atoms with Gasteiger partial charge in [-0.25, -0.2) is 9.97 Å². The van der Waals surface area contributed by atoms with Crippen LogP contribution in [0.5, 0.6) is 0 Å². The Morgan fingerprint density at radius 1 is 1.00 bits per heavy atom. The number of hydrogen-bond acceptors (Lipinski definition) is 6. The zero-order valence-corrected chi connectivity index (χ0v) is 17.5. The first-order valence-corrected chi connectivity index (χ1v) is 10.4. The minimum Gasteiger partial charge on any atom is -0.370 e. The summed E-state index contributed by atoms with van der Waals surface area (Å²) in [5.41, 5.74) is 7.48. The number of benzene rings is 1. The lowest BCUT2D eigenvalue weighted by molar-refractivity contribution is -0.133. The lowest BCUT2D eigenvalue weighted by Crippen LogP contribution is -2.46. The molecule has 1 aromatic heterocycles. The highest BCUT2D eigenvalue weighted by atomic mass is 16.2. The summed E-state index contributed by atoms with van der Waals surface area (Å²) in [7, 11) is 0. The predicted octanol–water partition coefficient (Wildman–Crippen LogP) is 1.41. The SMILES string of the molecule is CCN(Cc1ccc(CN2CCN(c3ncccn3)CC2)cc1)C(=O)CCC(N)=O. The van der Waals surface area contributed by atoms with Gasteiger partial charge in [0.25, 0.3) is 0 Å². The number of carbonyl (C=O) groups excluding carboxylic acids is 2. The number of amides is 2. The summed E-state index contributed by atoms with van der Waals surface area (Å²) >= 11 is 0. The van der Waals surface area contributed by atoms with E-state index >= 15 is 0 Å². The van der Waals surface area contributed by atoms with Crippen LogP contribution in [0.1, 0.15) is 30.9 Å². The van der Waals surface area contributed by atoms with E-state index in [9.17, 15) is 9.59 Å². The predicted molar refractivity (Wildman–Crippen MR) is 115 cm³/mol. The molecule has 1 fully saturated rings. The molecule has 1 saturated heterocycles. The Kier molecular flexibility index (Phi) is 7.73. The number of carbonyl (C=O) groups is 2. The van der Waals surface area contributed by atoms with Crippen molar-refractivity contribution in [1.82, 2.24) is 19.8 Å². The monoisotopic (exact) mass is 410 g/mol. The van der Waals surface area contributed by atoms with Gasteiger partial charge in [0, 0.05) is 71.0 Å². The molecule has 160 valence electrons. The smallest absolute Gasteiger partial charge is 0.225 e. The standard InChI is InChI=1S/C22H30N6O2/c1-2-27(21(30)9-8-20(23)29)17-19-6-4-18(5-7-19)16-26-12-14-28(15-13-26)22-24-10-3-11-25-22/h3-7,10-11H,2,8-9,12-17H2,1H3,(H2,23,29). The number of aromatic nitrogens is 2. The van der Waals surface area contributed by atoms with E-state index in [4.69, 9.17) is 5.73 Å². The van der Waals surface area contributed by atoms with Crippen LogP contribution in [0.3, 0.4) is 0 Å². The fourth-order valence-corrected chi connectivity index (χ4v) is 3.55. The highest BCUT2D eigenvalue weighted by molar-refractivity contribution is 5.82. The van der Waals surface area contributed by atoms with Crippen LogP contribution in [0.4, 0.5) is 5.95 Å². The fourth-order valence-electron chi connectivity index (χ4n) is 3.55. The van der Waals surface area contributed by atoms with Crippen molar-refractivity contribution >= 4 is 17.8 Å². The lowest BCUT2D eigenvalue weighted by Gasteiger charge is -2.34. The van der Waals surface area contributed by atoms with Crippen molar-refractivity contribution in [2.24, 2.45) is 5.73 Å². The molecule has 2 amide bonds. The van der Waals surface area contributed by atoms with E-state index in [1.54, 1.807) is 17.3 Å². The van der Waals surface area contributed by atoms with Crippen molar-refractivity contribution < 1.29 is 9.59 Å². The Hall–Kier alpha value is -3.00. The van der Waals surface area contributed by atoms with Gasteiger partial charge in [-0.2, -0.15) is 0 Å². The third-order valence-electron chi connectivity index (χ3n) is 5.33. The summed E-state index contributed by atoms with van der Waals surface area (Å²) < 4.78 is 0. The molecule has 0 bridgehead atoms. The second-order valence-corrected chi connectivity index (χ2v) is 7.50. The molecule has 3 rings (SSSR count). The Labute approximate surface area is 177 Å². The maximum Gasteiger partial charge on any atom is 0.225 e. The van der Waals surface area contributed by atoms with Crippen LogP contribution in [-0.4, -0.2) is 64.3 Å². The van der Waals surface area contributed by atoms with Gasteiger partial charge < -0.3 is 15.5 Å². The van der Waals surface area contributed by atoms with Gasteiger partial charge in [-0.15, -0.1) is 0 Å². The van der Waals surface area contributed by atoms with Crippen molar-refractivity contribution in [3.8, 4) is 0 Å². The van der Waals surface area contributed by atoms with Crippen LogP contribution in [0.2, 0.25) is 0 Å². The quantitative estimate of drug-likeness (QED) is 0.672. The Bertz CT molecular complexity index is 819. The molecule has 8 nitrogen and oxygen atoms in total. The second kappa shape index (κ2) is 10.7. The van der Waals surface area contributed by atoms with Crippen LogP contribution < -0.4 is 10.6 Å². The molecule has 0 aliphatic carbocycles. The number of hydrogen-bond donors (Lipinski definition) is 1. The van der Waals surface area contributed by atoms with Crippen molar-refractivity contribution in [2.45, 2.75) is 32.9 Å². The van der Waals surface area contributed by atoms with Crippen molar-refractivity contribution in [2.75, 3.05) is 37.6 Å². The normalized spacial score (nSPS) is 14.5. The van der Waals surface area contributed by atoms with E-state index in [0.717, 1.165) is 44.2 Å². The zero-order valence-electron chi connectivity index (χ0n) is 17.5. The van der Waals surface area contributed by atoms with E-state index in [0.29, 0.717) is 13.1 Å². The van der Waals surface area contributed by atoms with Gasteiger partial charge in [0.15, 0.2) is 0 Å². The fraction of sp³-hybridized carbons (Fsp3) is 0.455. The van der Waals surface area contributed by atoms with Crippen molar-refractivity contribution in [3.63, 3.8) is 0 Å². The summed E-state index contributed by atoms with van der Waals surface area (Å²) in [5, 5.41) is 0. The molecule has 1 aliphatic rings. The molecule has 2 heterocycles. The molecule has 30 heavy (non-hydrogen) atoms. The molecule has 1 aliphatic heterocycles. The Morgan fingerprint density at radius 3 is 2.23 bits per heavy atom.